The van der Waals surface area contributed by atoms with Crippen LogP contribution in [0.2, 0.25) is 0 Å². The predicted molar refractivity (Wildman–Crippen MR) is 199 cm³/mol. The number of phenols is 1. The van der Waals surface area contributed by atoms with E-state index in [0.717, 1.165) is 61.4 Å². The Morgan fingerprint density at radius 2 is 1.48 bits per heavy atom. The largest absolute Gasteiger partial charge is 0.505 e. The lowest BCUT2D eigenvalue weighted by atomic mass is 10.1. The Kier molecular flexibility index (Phi) is 12.8. The van der Waals surface area contributed by atoms with Crippen LogP contribution in [0.5, 0.6) is 23.1 Å². The third kappa shape index (κ3) is 9.54. The number of benzene rings is 4. The fourth-order valence-electron chi connectivity index (χ4n) is 4.99. The fraction of sp³-hybridized carbons (Fsp3) is 0.133. The number of methoxy groups -OCH3 is 2. The lowest BCUT2D eigenvalue weighted by molar-refractivity contribution is -0.196. The number of phenolic OH excluding ortho intramolecular Hbond substituents is 1. The van der Waals surface area contributed by atoms with Crippen molar-refractivity contribution in [3.63, 3.8) is 0 Å². The lowest BCUT2D eigenvalue weighted by Crippen LogP contribution is -2.14. The zero-order valence-electron chi connectivity index (χ0n) is 29.2. The van der Waals surface area contributed by atoms with Gasteiger partial charge in [-0.2, -0.15) is 27.5 Å². The number of sulfone groups is 1. The van der Waals surface area contributed by atoms with Gasteiger partial charge in [-0.3, -0.25) is 9.11 Å². The van der Waals surface area contributed by atoms with Gasteiger partial charge in [-0.1, -0.05) is 6.07 Å². The van der Waals surface area contributed by atoms with Gasteiger partial charge in [0, 0.05) is 17.5 Å². The highest BCUT2D eigenvalue weighted by Gasteiger charge is 2.28. The molecular weight excluding hydrogens is 861 g/mol. The van der Waals surface area contributed by atoms with Crippen molar-refractivity contribution in [3.05, 3.63) is 66.4 Å². The van der Waals surface area contributed by atoms with Crippen molar-refractivity contribution in [2.45, 2.75) is 14.7 Å². The average Bonchev–Trinajstić information content (AvgIpc) is 3.49. The predicted octanol–water partition coefficient (Wildman–Crippen LogP) is 5.67. The van der Waals surface area contributed by atoms with E-state index in [1.807, 2.05) is 0 Å². The first-order valence-corrected chi connectivity index (χ1v) is 21.0. The van der Waals surface area contributed by atoms with Gasteiger partial charge in [0.05, 0.1) is 47.7 Å². The van der Waals surface area contributed by atoms with Gasteiger partial charge < -0.3 is 38.5 Å². The summed E-state index contributed by atoms with van der Waals surface area (Å²) >= 11 is -2.81. The number of hydrogen-bond donors (Lipinski definition) is 8. The van der Waals surface area contributed by atoms with Gasteiger partial charge >= 0.3 is 17.3 Å². The monoisotopic (exact) mass is 888 g/mol. The molecular formula is C30H28N6O18S4. The second-order valence-electron chi connectivity index (χ2n) is 11.2. The summed E-state index contributed by atoms with van der Waals surface area (Å²) in [4.78, 5) is 14.7. The number of aromatic carboxylic acids is 1. The van der Waals surface area contributed by atoms with Crippen LogP contribution in [0.4, 0.5) is 22.7 Å². The van der Waals surface area contributed by atoms with Crippen molar-refractivity contribution >= 4 is 81.7 Å². The second-order valence-corrected chi connectivity index (χ2v) is 16.8. The first kappa shape index (κ1) is 43.5. The van der Waals surface area contributed by atoms with Crippen LogP contribution < -0.4 is 9.47 Å². The van der Waals surface area contributed by atoms with Crippen molar-refractivity contribution in [3.8, 4) is 28.8 Å². The zero-order valence-corrected chi connectivity index (χ0v) is 32.4. The molecule has 310 valence electrons. The molecule has 0 aliphatic carbocycles. The number of carboxylic acid groups (broad SMARTS) is 1. The highest BCUT2D eigenvalue weighted by Crippen LogP contribution is 2.55. The molecule has 1 atom stereocenters. The molecule has 58 heavy (non-hydrogen) atoms. The van der Waals surface area contributed by atoms with E-state index in [1.54, 1.807) is 0 Å². The summed E-state index contributed by atoms with van der Waals surface area (Å²) in [6, 6.07) is 11.1. The number of aromatic hydroxyl groups is 2. The Morgan fingerprint density at radius 3 is 2.07 bits per heavy atom. The van der Waals surface area contributed by atoms with Gasteiger partial charge in [-0.25, -0.2) is 18.1 Å². The Labute approximate surface area is 329 Å². The molecule has 0 saturated carbocycles. The summed E-state index contributed by atoms with van der Waals surface area (Å²) in [5.74, 6) is -4.51. The van der Waals surface area contributed by atoms with Crippen LogP contribution in [-0.2, 0) is 40.5 Å². The fourth-order valence-corrected chi connectivity index (χ4v) is 7.54. The third-order valence-electron chi connectivity index (χ3n) is 7.61. The molecule has 0 amide bonds. The number of carbonyl (C=O) groups is 1. The van der Waals surface area contributed by atoms with E-state index in [1.165, 1.54) is 18.2 Å². The molecule has 1 aromatic heterocycles. The number of rotatable bonds is 16. The second kappa shape index (κ2) is 17.1. The van der Waals surface area contributed by atoms with Gasteiger partial charge in [0.15, 0.2) is 21.3 Å². The molecule has 8 N–H and O–H groups in total. The highest BCUT2D eigenvalue weighted by molar-refractivity contribution is 8.19. The number of carboxylic acids is 1. The zero-order chi connectivity index (χ0) is 42.7. The van der Waals surface area contributed by atoms with Crippen LogP contribution >= 0.6 is 10.9 Å². The number of hydrogen-bond acceptors (Lipinski definition) is 20. The van der Waals surface area contributed by atoms with Crippen LogP contribution in [0.15, 0.2) is 95.8 Å². The number of fused-ring (bicyclic) bond motifs is 1. The minimum atomic E-state index is -4.61. The topological polar surface area (TPSA) is 368 Å². The van der Waals surface area contributed by atoms with E-state index in [2.05, 4.69) is 34.8 Å². The molecule has 0 aliphatic rings. The molecule has 1 heterocycles. The van der Waals surface area contributed by atoms with E-state index < -0.39 is 104 Å². The minimum Gasteiger partial charge on any atom is -0.505 e. The maximum Gasteiger partial charge on any atom is 0.358 e. The SMILES string of the molecule is COc1cc(S(=O)(=O)CCOOS(=O)O)c(OC)cc1N=Nc1c(S(O)(O)O)cc2ccc(N=Nc3c(C(=O)O)nn(-c4ccc(S(=O)(=O)O)cc4)c3O)cc2c1O. The van der Waals surface area contributed by atoms with Crippen LogP contribution in [0.25, 0.3) is 16.5 Å². The molecule has 0 spiro atoms. The molecule has 4 aromatic carbocycles. The number of aromatic nitrogens is 2. The molecule has 0 fully saturated rings. The molecule has 5 aromatic rings. The Hall–Kier alpha value is -5.66. The molecule has 5 rings (SSSR count). The summed E-state index contributed by atoms with van der Waals surface area (Å²) in [5.41, 5.74) is -2.43. The standard InChI is InChI=1S/C30H28N6O18S4/c1-51-21-14-23(56(43,44)10-9-53-54-55(41)42)22(52-2)13-20(21)32-33-25-24(58(48,49)50)11-15-3-4-16(12-19(15)28(25)37)31-34-26-27(30(39)40)35-36(29(26)38)17-5-7-18(8-6-17)57(45,46)47/h3-8,11-14,37-38,48-50H,9-10H2,1-2H3,(H,39,40)(H,41,42)(H,45,46,47). The molecule has 28 heteroatoms. The van der Waals surface area contributed by atoms with Gasteiger partial charge in [0.1, 0.15) is 38.6 Å². The van der Waals surface area contributed by atoms with Gasteiger partial charge in [-0.05, 0) is 47.9 Å². The summed E-state index contributed by atoms with van der Waals surface area (Å²) in [5, 5.41) is 51.3. The maximum absolute atomic E-state index is 13.0. The van der Waals surface area contributed by atoms with Crippen molar-refractivity contribution in [2.24, 2.45) is 20.5 Å². The summed E-state index contributed by atoms with van der Waals surface area (Å²) in [6.07, 6.45) is 0. The average molecular weight is 889 g/mol. The number of nitrogens with zero attached hydrogens (tertiary/aromatic N) is 6. The van der Waals surface area contributed by atoms with Crippen molar-refractivity contribution in [1.82, 2.24) is 9.78 Å². The van der Waals surface area contributed by atoms with Crippen molar-refractivity contribution < 1.29 is 82.6 Å². The van der Waals surface area contributed by atoms with Gasteiger partial charge in [0.25, 0.3) is 10.1 Å². The highest BCUT2D eigenvalue weighted by atomic mass is 32.3. The van der Waals surface area contributed by atoms with Crippen LogP contribution in [0, 0.1) is 0 Å². The smallest absolute Gasteiger partial charge is 0.358 e. The minimum absolute atomic E-state index is 0.0228. The molecule has 1 unspecified atom stereocenters. The van der Waals surface area contributed by atoms with E-state index in [0.29, 0.717) is 0 Å². The number of azo groups is 2. The summed E-state index contributed by atoms with van der Waals surface area (Å²) in [6.45, 7) is -0.655. The Bertz CT molecular complexity index is 2720. The van der Waals surface area contributed by atoms with E-state index in [4.69, 9.17) is 14.0 Å². The Morgan fingerprint density at radius 1 is 0.828 bits per heavy atom. The molecule has 0 bridgehead atoms. The first-order chi connectivity index (χ1) is 27.2. The van der Waals surface area contributed by atoms with E-state index >= 15 is 0 Å². The van der Waals surface area contributed by atoms with E-state index in [-0.39, 0.29) is 39.3 Å². The molecule has 0 aliphatic heterocycles. The van der Waals surface area contributed by atoms with Gasteiger partial charge in [0.2, 0.25) is 11.6 Å². The van der Waals surface area contributed by atoms with Crippen molar-refractivity contribution in [1.29, 1.82) is 0 Å². The molecule has 24 nitrogen and oxygen atoms in total. The number of ether oxygens (including phenoxy) is 2. The van der Waals surface area contributed by atoms with Crippen LogP contribution in [-0.4, -0.2) is 101 Å². The summed E-state index contributed by atoms with van der Waals surface area (Å²) in [7, 11) is -11.1. The third-order valence-corrected chi connectivity index (χ3v) is 11.3. The normalized spacial score (nSPS) is 13.4. The molecule has 0 radical (unpaired) electrons. The quantitative estimate of drug-likeness (QED) is 0.0148. The Balaban J connectivity index is 1.54. The first-order valence-electron chi connectivity index (χ1n) is 15.3. The lowest BCUT2D eigenvalue weighted by Gasteiger charge is -2.22. The summed E-state index contributed by atoms with van der Waals surface area (Å²) < 4.78 is 123. The maximum atomic E-state index is 13.0. The van der Waals surface area contributed by atoms with Crippen LogP contribution in [0.1, 0.15) is 10.5 Å². The van der Waals surface area contributed by atoms with Crippen LogP contribution in [0.3, 0.4) is 0 Å². The van der Waals surface area contributed by atoms with Gasteiger partial charge in [-0.15, -0.1) is 19.7 Å². The van der Waals surface area contributed by atoms with E-state index in [9.17, 15) is 59.4 Å². The van der Waals surface area contributed by atoms with Crippen molar-refractivity contribution in [2.75, 3.05) is 26.6 Å². The molecule has 0 saturated heterocycles.